The maximum absolute atomic E-state index is 8.41. The Balaban J connectivity index is 2.06. The van der Waals surface area contributed by atoms with Gasteiger partial charge in [-0.1, -0.05) is 11.6 Å². The lowest BCUT2D eigenvalue weighted by Gasteiger charge is -2.02. The van der Waals surface area contributed by atoms with Gasteiger partial charge in [-0.3, -0.25) is 0 Å². The molecule has 0 aliphatic heterocycles. The van der Waals surface area contributed by atoms with Crippen LogP contribution in [0.5, 0.6) is 0 Å². The minimum absolute atomic E-state index is 0.0586. The number of nitrogens with zero attached hydrogens (tertiary/aromatic N) is 1. The molecule has 1 aromatic heterocycles. The lowest BCUT2D eigenvalue weighted by Crippen LogP contribution is -2.10. The number of aromatic nitrogens is 1. The highest BCUT2D eigenvalue weighted by molar-refractivity contribution is 7.14. The van der Waals surface area contributed by atoms with E-state index in [9.17, 15) is 0 Å². The molecule has 2 N–H and O–H groups in total. The number of hydrogen-bond donors (Lipinski definition) is 2. The number of halogens is 1. The number of nitrogens with one attached hydrogen (secondary N) is 1. The standard InChI is InChI=1S/C7H11ClN2O2S/c8-6-5-13-7(10-6)9-1-3-12-4-2-11/h5,11H,1-4H2,(H,9,10). The van der Waals surface area contributed by atoms with Gasteiger partial charge >= 0.3 is 0 Å². The fourth-order valence-electron chi connectivity index (χ4n) is 0.732. The van der Waals surface area contributed by atoms with Crippen LogP contribution >= 0.6 is 22.9 Å². The Morgan fingerprint density at radius 2 is 2.46 bits per heavy atom. The molecular weight excluding hydrogens is 212 g/mol. The van der Waals surface area contributed by atoms with Crippen LogP contribution in [0.1, 0.15) is 0 Å². The summed E-state index contributed by atoms with van der Waals surface area (Å²) in [6.07, 6.45) is 0. The third-order valence-electron chi connectivity index (χ3n) is 1.23. The number of anilines is 1. The second-order valence-corrected chi connectivity index (χ2v) is 3.48. The van der Waals surface area contributed by atoms with E-state index < -0.39 is 0 Å². The van der Waals surface area contributed by atoms with Crippen LogP contribution in [0.25, 0.3) is 0 Å². The molecule has 0 aliphatic carbocycles. The Bertz CT molecular complexity index is 244. The Morgan fingerprint density at radius 3 is 3.08 bits per heavy atom. The van der Waals surface area contributed by atoms with Gasteiger partial charge in [-0.15, -0.1) is 11.3 Å². The van der Waals surface area contributed by atoms with Gasteiger partial charge < -0.3 is 15.2 Å². The molecule has 1 heterocycles. The molecule has 0 aliphatic rings. The average molecular weight is 223 g/mol. The highest BCUT2D eigenvalue weighted by Crippen LogP contribution is 2.18. The minimum Gasteiger partial charge on any atom is -0.394 e. The molecule has 4 nitrogen and oxygen atoms in total. The van der Waals surface area contributed by atoms with Crippen molar-refractivity contribution in [2.24, 2.45) is 0 Å². The summed E-state index contributed by atoms with van der Waals surface area (Å²) in [5, 5.41) is 14.5. The van der Waals surface area contributed by atoms with Crippen LogP contribution in [0.4, 0.5) is 5.13 Å². The van der Waals surface area contributed by atoms with Gasteiger partial charge in [0, 0.05) is 11.9 Å². The van der Waals surface area contributed by atoms with Gasteiger partial charge in [-0.05, 0) is 0 Å². The zero-order valence-electron chi connectivity index (χ0n) is 6.99. The van der Waals surface area contributed by atoms with E-state index in [1.807, 2.05) is 0 Å². The number of hydrogen-bond acceptors (Lipinski definition) is 5. The first-order valence-corrected chi connectivity index (χ1v) is 5.12. The third-order valence-corrected chi connectivity index (χ3v) is 2.36. The van der Waals surface area contributed by atoms with Gasteiger partial charge in [0.2, 0.25) is 0 Å². The molecule has 0 aromatic carbocycles. The first kappa shape index (κ1) is 10.7. The van der Waals surface area contributed by atoms with Crippen LogP contribution in [0.3, 0.4) is 0 Å². The highest BCUT2D eigenvalue weighted by atomic mass is 35.5. The van der Waals surface area contributed by atoms with Crippen LogP contribution < -0.4 is 5.32 Å². The number of aliphatic hydroxyl groups is 1. The molecule has 0 saturated carbocycles. The van der Waals surface area contributed by atoms with Crippen molar-refractivity contribution in [2.75, 3.05) is 31.7 Å². The van der Waals surface area contributed by atoms with Gasteiger partial charge in [0.1, 0.15) is 5.15 Å². The van der Waals surface area contributed by atoms with Crippen LogP contribution in [0.15, 0.2) is 5.38 Å². The van der Waals surface area contributed by atoms with Gasteiger partial charge in [0.25, 0.3) is 0 Å². The normalized spacial score (nSPS) is 10.3. The first-order valence-electron chi connectivity index (χ1n) is 3.86. The summed E-state index contributed by atoms with van der Waals surface area (Å²) in [6.45, 7) is 1.66. The van der Waals surface area contributed by atoms with Crippen molar-refractivity contribution in [1.29, 1.82) is 0 Å². The third kappa shape index (κ3) is 4.42. The predicted octanol–water partition coefficient (Wildman–Crippen LogP) is 1.22. The molecule has 0 atom stereocenters. The maximum Gasteiger partial charge on any atom is 0.184 e. The van der Waals surface area contributed by atoms with Gasteiger partial charge in [-0.25, -0.2) is 4.98 Å². The Labute approximate surface area is 85.5 Å². The average Bonchev–Trinajstić information content (AvgIpc) is 2.51. The first-order chi connectivity index (χ1) is 6.33. The van der Waals surface area contributed by atoms with Crippen LogP contribution in [0.2, 0.25) is 5.15 Å². The number of thiazole rings is 1. The van der Waals surface area contributed by atoms with Crippen molar-refractivity contribution in [3.8, 4) is 0 Å². The minimum atomic E-state index is 0.0586. The molecular formula is C7H11ClN2O2S. The molecule has 0 radical (unpaired) electrons. The summed E-state index contributed by atoms with van der Waals surface area (Å²) in [5.41, 5.74) is 0. The highest BCUT2D eigenvalue weighted by Gasteiger charge is 1.97. The molecule has 1 aromatic rings. The smallest absolute Gasteiger partial charge is 0.184 e. The molecule has 0 saturated heterocycles. The van der Waals surface area contributed by atoms with Crippen molar-refractivity contribution in [1.82, 2.24) is 4.98 Å². The zero-order valence-corrected chi connectivity index (χ0v) is 8.57. The molecule has 1 rings (SSSR count). The summed E-state index contributed by atoms with van der Waals surface area (Å²) < 4.78 is 5.04. The molecule has 0 fully saturated rings. The fraction of sp³-hybridized carbons (Fsp3) is 0.571. The quantitative estimate of drug-likeness (QED) is 0.711. The predicted molar refractivity (Wildman–Crippen MR) is 53.5 cm³/mol. The number of rotatable bonds is 6. The van der Waals surface area contributed by atoms with Crippen LogP contribution in [-0.4, -0.2) is 36.5 Å². The lowest BCUT2D eigenvalue weighted by molar-refractivity contribution is 0.0992. The Morgan fingerprint density at radius 1 is 1.62 bits per heavy atom. The molecule has 0 bridgehead atoms. The van der Waals surface area contributed by atoms with Crippen LogP contribution in [0, 0.1) is 0 Å². The molecule has 0 spiro atoms. The zero-order chi connectivity index (χ0) is 9.52. The topological polar surface area (TPSA) is 54.4 Å². The van der Waals surface area contributed by atoms with E-state index in [1.54, 1.807) is 5.38 Å². The van der Waals surface area contributed by atoms with Gasteiger partial charge in [0.15, 0.2) is 5.13 Å². The molecule has 13 heavy (non-hydrogen) atoms. The summed E-state index contributed by atoms with van der Waals surface area (Å²) in [7, 11) is 0. The van der Waals surface area contributed by atoms with Crippen molar-refractivity contribution in [2.45, 2.75) is 0 Å². The van der Waals surface area contributed by atoms with E-state index >= 15 is 0 Å². The van der Waals surface area contributed by atoms with Crippen molar-refractivity contribution in [3.63, 3.8) is 0 Å². The van der Waals surface area contributed by atoms with Gasteiger partial charge in [-0.2, -0.15) is 0 Å². The fourth-order valence-corrected chi connectivity index (χ4v) is 1.60. The van der Waals surface area contributed by atoms with Crippen LogP contribution in [-0.2, 0) is 4.74 Å². The Hall–Kier alpha value is -0.360. The second-order valence-electron chi connectivity index (χ2n) is 2.24. The number of aliphatic hydroxyl groups excluding tert-OH is 1. The van der Waals surface area contributed by atoms with Crippen molar-refractivity contribution >= 4 is 28.1 Å². The summed E-state index contributed by atoms with van der Waals surface area (Å²) >= 11 is 7.07. The summed E-state index contributed by atoms with van der Waals surface area (Å²) in [5.74, 6) is 0. The van der Waals surface area contributed by atoms with Gasteiger partial charge in [0.05, 0.1) is 19.8 Å². The van der Waals surface area contributed by atoms with Crippen molar-refractivity contribution in [3.05, 3.63) is 10.5 Å². The molecule has 74 valence electrons. The van der Waals surface area contributed by atoms with E-state index in [0.29, 0.717) is 24.9 Å². The maximum atomic E-state index is 8.41. The molecule has 6 heteroatoms. The van der Waals surface area contributed by atoms with E-state index in [4.69, 9.17) is 21.4 Å². The largest absolute Gasteiger partial charge is 0.394 e. The Kier molecular flexibility index (Phi) is 5.07. The second kappa shape index (κ2) is 6.15. The monoisotopic (exact) mass is 222 g/mol. The lowest BCUT2D eigenvalue weighted by atomic mass is 10.7. The molecule has 0 unspecified atom stereocenters. The van der Waals surface area contributed by atoms with E-state index in [1.165, 1.54) is 11.3 Å². The summed E-state index contributed by atoms with van der Waals surface area (Å²) in [6, 6.07) is 0. The SMILES string of the molecule is OCCOCCNc1nc(Cl)cs1. The van der Waals surface area contributed by atoms with E-state index in [2.05, 4.69) is 10.3 Å². The van der Waals surface area contributed by atoms with Crippen molar-refractivity contribution < 1.29 is 9.84 Å². The summed E-state index contributed by atoms with van der Waals surface area (Å²) in [4.78, 5) is 4.00. The molecule has 0 amide bonds. The van der Waals surface area contributed by atoms with E-state index in [0.717, 1.165) is 5.13 Å². The number of ether oxygens (including phenoxy) is 1. The van der Waals surface area contributed by atoms with E-state index in [-0.39, 0.29) is 6.61 Å².